The predicted octanol–water partition coefficient (Wildman–Crippen LogP) is 3.53. The third-order valence-electron chi connectivity index (χ3n) is 3.17. The first-order chi connectivity index (χ1) is 9.69. The summed E-state index contributed by atoms with van der Waals surface area (Å²) in [6.45, 7) is 1.87. The third-order valence-corrected chi connectivity index (χ3v) is 3.66. The number of fused-ring (bicyclic) bond motifs is 1. The van der Waals surface area contributed by atoms with Crippen LogP contribution in [0.5, 0.6) is 0 Å². The van der Waals surface area contributed by atoms with Gasteiger partial charge in [-0.15, -0.1) is 0 Å². The van der Waals surface area contributed by atoms with E-state index < -0.39 is 0 Å². The summed E-state index contributed by atoms with van der Waals surface area (Å²) in [5, 5.41) is 0.840. The van der Waals surface area contributed by atoms with Crippen molar-refractivity contribution in [1.82, 2.24) is 9.97 Å². The molecule has 0 spiro atoms. The van der Waals surface area contributed by atoms with E-state index in [9.17, 15) is 8.60 Å². The summed E-state index contributed by atoms with van der Waals surface area (Å²) < 4.78 is 24.3. The van der Waals surface area contributed by atoms with E-state index in [1.54, 1.807) is 18.2 Å². The maximum atomic E-state index is 13.0. The number of halogens is 1. The molecule has 2 aromatic carbocycles. The van der Waals surface area contributed by atoms with Crippen LogP contribution in [0.4, 0.5) is 4.39 Å². The number of benzene rings is 2. The van der Waals surface area contributed by atoms with E-state index in [4.69, 9.17) is 0 Å². The fourth-order valence-electron chi connectivity index (χ4n) is 2.13. The van der Waals surface area contributed by atoms with Gasteiger partial charge >= 0.3 is 16.6 Å². The first-order valence-corrected chi connectivity index (χ1v) is 6.74. The van der Waals surface area contributed by atoms with Gasteiger partial charge in [-0.05, 0) is 36.2 Å². The van der Waals surface area contributed by atoms with Crippen molar-refractivity contribution in [3.05, 3.63) is 54.2 Å². The minimum Gasteiger partial charge on any atom is -0.241 e. The number of aromatic nitrogens is 2. The summed E-state index contributed by atoms with van der Waals surface area (Å²) in [6, 6.07) is 9.89. The molecule has 98 valence electrons. The standard InChI is InChI=1S/C15H10FN2OS/c1-9-13-6-11(10-2-4-12(16)5-3-10)7-14(20-19)15(13)18-8-17-9/h2-8H,1H3/q+1. The van der Waals surface area contributed by atoms with Gasteiger partial charge in [-0.2, -0.15) is 0 Å². The number of rotatable bonds is 2. The van der Waals surface area contributed by atoms with Crippen molar-refractivity contribution in [2.45, 2.75) is 11.8 Å². The second-order valence-electron chi connectivity index (χ2n) is 4.42. The van der Waals surface area contributed by atoms with Gasteiger partial charge < -0.3 is 0 Å². The van der Waals surface area contributed by atoms with Crippen LogP contribution in [0, 0.1) is 12.7 Å². The number of hydrogen-bond acceptors (Lipinski definition) is 3. The van der Waals surface area contributed by atoms with Gasteiger partial charge in [0.15, 0.2) is 0 Å². The molecule has 0 amide bonds. The van der Waals surface area contributed by atoms with Gasteiger partial charge in [0, 0.05) is 21.4 Å². The van der Waals surface area contributed by atoms with Crippen molar-refractivity contribution in [3.63, 3.8) is 0 Å². The van der Waals surface area contributed by atoms with Crippen LogP contribution in [0.3, 0.4) is 0 Å². The molecule has 1 heterocycles. The third kappa shape index (κ3) is 2.16. The fourth-order valence-corrected chi connectivity index (χ4v) is 2.55. The minimum atomic E-state index is -0.285. The van der Waals surface area contributed by atoms with Gasteiger partial charge in [0.25, 0.3) is 0 Å². The number of aryl methyl sites for hydroxylation is 1. The fraction of sp³-hybridized carbons (Fsp3) is 0.0667. The van der Waals surface area contributed by atoms with Crippen molar-refractivity contribution >= 4 is 22.6 Å². The predicted molar refractivity (Wildman–Crippen MR) is 76.0 cm³/mol. The van der Waals surface area contributed by atoms with Crippen LogP contribution < -0.4 is 0 Å². The van der Waals surface area contributed by atoms with E-state index in [1.807, 2.05) is 13.0 Å². The maximum absolute atomic E-state index is 13.0. The highest BCUT2D eigenvalue weighted by atomic mass is 32.1. The topological polar surface area (TPSA) is 42.9 Å². The first kappa shape index (κ1) is 12.7. The zero-order valence-electron chi connectivity index (χ0n) is 10.6. The molecule has 0 saturated carbocycles. The van der Waals surface area contributed by atoms with Crippen LogP contribution in [0.15, 0.2) is 47.6 Å². The lowest BCUT2D eigenvalue weighted by Gasteiger charge is -2.04. The zero-order chi connectivity index (χ0) is 14.1. The van der Waals surface area contributed by atoms with Gasteiger partial charge in [0.05, 0.1) is 0 Å². The second kappa shape index (κ2) is 5.02. The molecule has 0 N–H and O–H groups in total. The highest BCUT2D eigenvalue weighted by Crippen LogP contribution is 2.28. The lowest BCUT2D eigenvalue weighted by molar-refractivity contribution is 0.605. The van der Waals surface area contributed by atoms with E-state index in [2.05, 4.69) is 9.97 Å². The van der Waals surface area contributed by atoms with Crippen LogP contribution in [-0.4, -0.2) is 9.97 Å². The molecule has 3 rings (SSSR count). The Balaban J connectivity index is 2.29. The molecule has 0 atom stereocenters. The van der Waals surface area contributed by atoms with Crippen LogP contribution in [0.25, 0.3) is 22.0 Å². The Labute approximate surface area is 119 Å². The molecule has 0 fully saturated rings. The molecule has 3 nitrogen and oxygen atoms in total. The SMILES string of the molecule is Cc1ncnc2c([S+]=O)cc(-c3ccc(F)cc3)cc12. The van der Waals surface area contributed by atoms with Crippen molar-refractivity contribution in [3.8, 4) is 11.1 Å². The average molecular weight is 285 g/mol. The van der Waals surface area contributed by atoms with Crippen molar-refractivity contribution < 1.29 is 8.60 Å². The normalized spacial score (nSPS) is 10.7. The Morgan fingerprint density at radius 1 is 1.05 bits per heavy atom. The number of hydrogen-bond donors (Lipinski definition) is 0. The molecular weight excluding hydrogens is 275 g/mol. The quantitative estimate of drug-likeness (QED) is 0.676. The summed E-state index contributed by atoms with van der Waals surface area (Å²) >= 11 is 0.405. The van der Waals surface area contributed by atoms with Gasteiger partial charge in [-0.1, -0.05) is 12.1 Å². The molecule has 3 aromatic rings. The highest BCUT2D eigenvalue weighted by molar-refractivity contribution is 7.65. The van der Waals surface area contributed by atoms with Crippen molar-refractivity contribution in [1.29, 1.82) is 0 Å². The van der Waals surface area contributed by atoms with E-state index in [-0.39, 0.29) is 5.82 Å². The molecule has 1 aromatic heterocycles. The summed E-state index contributed by atoms with van der Waals surface area (Å²) in [6.07, 6.45) is 1.45. The largest absolute Gasteiger partial charge is 0.507 e. The maximum Gasteiger partial charge on any atom is 0.507 e. The molecule has 0 bridgehead atoms. The molecule has 0 aliphatic heterocycles. The molecule has 0 radical (unpaired) electrons. The Bertz CT molecular complexity index is 803. The molecule has 5 heteroatoms. The van der Waals surface area contributed by atoms with E-state index in [0.717, 1.165) is 22.2 Å². The summed E-state index contributed by atoms with van der Waals surface area (Å²) in [5.74, 6) is -0.285. The monoisotopic (exact) mass is 285 g/mol. The summed E-state index contributed by atoms with van der Waals surface area (Å²) in [7, 11) is 0. The van der Waals surface area contributed by atoms with Crippen LogP contribution in [-0.2, 0) is 15.9 Å². The van der Waals surface area contributed by atoms with Crippen LogP contribution >= 0.6 is 0 Å². The summed E-state index contributed by atoms with van der Waals surface area (Å²) in [4.78, 5) is 8.87. The summed E-state index contributed by atoms with van der Waals surface area (Å²) in [5.41, 5.74) is 3.18. The lowest BCUT2D eigenvalue weighted by atomic mass is 10.0. The van der Waals surface area contributed by atoms with E-state index in [1.165, 1.54) is 18.5 Å². The van der Waals surface area contributed by atoms with E-state index >= 15 is 0 Å². The molecular formula is C15H10FN2OS+. The van der Waals surface area contributed by atoms with Gasteiger partial charge in [-0.25, -0.2) is 14.4 Å². The van der Waals surface area contributed by atoms with Gasteiger partial charge in [0.1, 0.15) is 17.7 Å². The molecule has 0 unspecified atom stereocenters. The minimum absolute atomic E-state index is 0.285. The van der Waals surface area contributed by atoms with Gasteiger partial charge in [-0.3, -0.25) is 0 Å². The zero-order valence-corrected chi connectivity index (χ0v) is 11.4. The smallest absolute Gasteiger partial charge is 0.241 e. The number of nitrogens with zero attached hydrogens (tertiary/aromatic N) is 2. The van der Waals surface area contributed by atoms with Crippen LogP contribution in [0.1, 0.15) is 5.69 Å². The highest BCUT2D eigenvalue weighted by Gasteiger charge is 2.18. The molecule has 0 saturated heterocycles. The molecule has 0 aliphatic carbocycles. The van der Waals surface area contributed by atoms with Crippen molar-refractivity contribution in [2.75, 3.05) is 0 Å². The Hall–Kier alpha value is -2.27. The Morgan fingerprint density at radius 3 is 2.50 bits per heavy atom. The average Bonchev–Trinajstić information content (AvgIpc) is 2.47. The molecule has 20 heavy (non-hydrogen) atoms. The van der Waals surface area contributed by atoms with Crippen LogP contribution in [0.2, 0.25) is 0 Å². The van der Waals surface area contributed by atoms with E-state index in [0.29, 0.717) is 22.1 Å². The van der Waals surface area contributed by atoms with Crippen molar-refractivity contribution in [2.24, 2.45) is 0 Å². The Kier molecular flexibility index (Phi) is 3.20. The first-order valence-electron chi connectivity index (χ1n) is 6.00. The Morgan fingerprint density at radius 2 is 1.80 bits per heavy atom. The lowest BCUT2D eigenvalue weighted by Crippen LogP contribution is -1.92. The second-order valence-corrected chi connectivity index (χ2v) is 5.03. The molecule has 0 aliphatic rings. The van der Waals surface area contributed by atoms with Gasteiger partial charge in [0.2, 0.25) is 0 Å².